The maximum Gasteiger partial charge on any atom is 0.210 e. The van der Waals surface area contributed by atoms with Crippen LogP contribution in [0.3, 0.4) is 0 Å². The van der Waals surface area contributed by atoms with Crippen molar-refractivity contribution in [2.75, 3.05) is 23.9 Å². The molecule has 1 heterocycles. The van der Waals surface area contributed by atoms with Crippen LogP contribution in [0.1, 0.15) is 0 Å². The van der Waals surface area contributed by atoms with Gasteiger partial charge in [-0.25, -0.2) is 8.42 Å². The van der Waals surface area contributed by atoms with Gasteiger partial charge in [-0.3, -0.25) is 0 Å². The third-order valence-corrected chi connectivity index (χ3v) is 7.72. The van der Waals surface area contributed by atoms with Gasteiger partial charge in [0, 0.05) is 10.8 Å². The Kier molecular flexibility index (Phi) is 6.59. The maximum absolute atomic E-state index is 12.3. The fourth-order valence-electron chi connectivity index (χ4n) is 2.18. The van der Waals surface area contributed by atoms with Gasteiger partial charge in [-0.15, -0.1) is 10.2 Å². The Balaban J connectivity index is 1.57. The molecule has 0 bridgehead atoms. The number of benzene rings is 2. The topological polar surface area (TPSA) is 81.2 Å². The van der Waals surface area contributed by atoms with Crippen molar-refractivity contribution in [1.82, 2.24) is 10.2 Å². The first-order valence-electron chi connectivity index (χ1n) is 7.82. The zero-order valence-corrected chi connectivity index (χ0v) is 17.5. The second-order valence-corrected chi connectivity index (χ2v) is 10.2. The molecule has 0 aliphatic heterocycles. The number of aromatic nitrogens is 2. The molecule has 1 aromatic heterocycles. The van der Waals surface area contributed by atoms with Crippen molar-refractivity contribution in [3.63, 3.8) is 0 Å². The number of hydrogen-bond donors (Lipinski definition) is 1. The number of nitrogens with zero attached hydrogens (tertiary/aromatic N) is 2. The normalized spacial score (nSPS) is 11.3. The lowest BCUT2D eigenvalue weighted by Crippen LogP contribution is -2.08. The van der Waals surface area contributed by atoms with Crippen LogP contribution in [-0.2, 0) is 9.84 Å². The molecule has 0 fully saturated rings. The van der Waals surface area contributed by atoms with Gasteiger partial charge in [-0.05, 0) is 36.4 Å². The van der Waals surface area contributed by atoms with Gasteiger partial charge in [0.25, 0.3) is 0 Å². The van der Waals surface area contributed by atoms with Crippen LogP contribution in [0.25, 0.3) is 0 Å². The summed E-state index contributed by atoms with van der Waals surface area (Å²) in [7, 11) is -1.75. The third kappa shape index (κ3) is 5.35. The molecule has 6 nitrogen and oxygen atoms in total. The van der Waals surface area contributed by atoms with E-state index in [1.54, 1.807) is 19.2 Å². The quantitative estimate of drug-likeness (QED) is 0.515. The molecule has 10 heteroatoms. The van der Waals surface area contributed by atoms with E-state index >= 15 is 0 Å². The molecule has 3 aromatic rings. The SMILES string of the molecule is COc1ccccc1Nc1nnc(SCCS(=O)(=O)c2ccc(Cl)cc2)s1. The fraction of sp³-hybridized carbons (Fsp3) is 0.176. The summed E-state index contributed by atoms with van der Waals surface area (Å²) in [5.41, 5.74) is 0.790. The molecule has 3 rings (SSSR count). The Bertz CT molecular complexity index is 1010. The summed E-state index contributed by atoms with van der Waals surface area (Å²) < 4.78 is 30.7. The Hall–Kier alpha value is -1.81. The molecule has 0 unspecified atom stereocenters. The number of para-hydroxylation sites is 2. The summed E-state index contributed by atoms with van der Waals surface area (Å²) in [5.74, 6) is 1.10. The van der Waals surface area contributed by atoms with Crippen molar-refractivity contribution in [2.45, 2.75) is 9.24 Å². The lowest BCUT2D eigenvalue weighted by atomic mass is 10.3. The summed E-state index contributed by atoms with van der Waals surface area (Å²) in [6, 6.07) is 13.7. The highest BCUT2D eigenvalue weighted by atomic mass is 35.5. The van der Waals surface area contributed by atoms with Crippen molar-refractivity contribution < 1.29 is 13.2 Å². The number of anilines is 2. The van der Waals surface area contributed by atoms with Gasteiger partial charge >= 0.3 is 0 Å². The lowest BCUT2D eigenvalue weighted by molar-refractivity contribution is 0.417. The molecule has 0 aliphatic rings. The highest BCUT2D eigenvalue weighted by Gasteiger charge is 2.15. The predicted octanol–water partition coefficient (Wildman–Crippen LogP) is 4.51. The van der Waals surface area contributed by atoms with Crippen LogP contribution in [0, 0.1) is 0 Å². The van der Waals surface area contributed by atoms with E-state index in [2.05, 4.69) is 15.5 Å². The van der Waals surface area contributed by atoms with Gasteiger partial charge in [-0.2, -0.15) is 0 Å². The van der Waals surface area contributed by atoms with Gasteiger partial charge < -0.3 is 10.1 Å². The second-order valence-electron chi connectivity index (χ2n) is 5.32. The van der Waals surface area contributed by atoms with Crippen molar-refractivity contribution >= 4 is 55.4 Å². The summed E-state index contributed by atoms with van der Waals surface area (Å²) in [5, 5.41) is 12.5. The first-order chi connectivity index (χ1) is 13.0. The monoisotopic (exact) mass is 441 g/mol. The van der Waals surface area contributed by atoms with Crippen LogP contribution >= 0.6 is 34.7 Å². The van der Waals surface area contributed by atoms with Crippen molar-refractivity contribution in [3.05, 3.63) is 53.6 Å². The smallest absolute Gasteiger partial charge is 0.210 e. The fourth-order valence-corrected chi connectivity index (χ4v) is 5.79. The van der Waals surface area contributed by atoms with E-state index in [1.807, 2.05) is 24.3 Å². The number of thioether (sulfide) groups is 1. The Morgan fingerprint density at radius 1 is 1.15 bits per heavy atom. The molecule has 0 aliphatic carbocycles. The van der Waals surface area contributed by atoms with E-state index < -0.39 is 9.84 Å². The molecule has 0 spiro atoms. The molecular formula is C17H16ClN3O3S3. The van der Waals surface area contributed by atoms with Crippen molar-refractivity contribution in [2.24, 2.45) is 0 Å². The minimum atomic E-state index is -3.35. The number of hydrogen-bond acceptors (Lipinski definition) is 8. The summed E-state index contributed by atoms with van der Waals surface area (Å²) >= 11 is 8.51. The van der Waals surface area contributed by atoms with Crippen LogP contribution in [0.2, 0.25) is 5.02 Å². The number of nitrogens with one attached hydrogen (secondary N) is 1. The number of methoxy groups -OCH3 is 1. The van der Waals surface area contributed by atoms with Gasteiger partial charge in [-0.1, -0.05) is 46.8 Å². The minimum absolute atomic E-state index is 0.00808. The summed E-state index contributed by atoms with van der Waals surface area (Å²) in [4.78, 5) is 0.267. The van der Waals surface area contributed by atoms with Gasteiger partial charge in [0.1, 0.15) is 5.75 Å². The molecule has 0 saturated heterocycles. The van der Waals surface area contributed by atoms with Crippen LogP contribution in [-0.4, -0.2) is 37.2 Å². The van der Waals surface area contributed by atoms with E-state index in [4.69, 9.17) is 16.3 Å². The second kappa shape index (κ2) is 8.92. The maximum atomic E-state index is 12.3. The molecule has 0 radical (unpaired) electrons. The molecular weight excluding hydrogens is 426 g/mol. The number of ether oxygens (including phenoxy) is 1. The van der Waals surface area contributed by atoms with Crippen LogP contribution in [0.4, 0.5) is 10.8 Å². The van der Waals surface area contributed by atoms with Gasteiger partial charge in [0.05, 0.1) is 23.4 Å². The number of halogens is 1. The first-order valence-corrected chi connectivity index (χ1v) is 11.7. The van der Waals surface area contributed by atoms with Crippen molar-refractivity contribution in [3.8, 4) is 5.75 Å². The zero-order chi connectivity index (χ0) is 19.3. The van der Waals surface area contributed by atoms with E-state index in [-0.39, 0.29) is 10.6 Å². The first kappa shape index (κ1) is 19.9. The molecule has 142 valence electrons. The van der Waals surface area contributed by atoms with Crippen LogP contribution < -0.4 is 10.1 Å². The van der Waals surface area contributed by atoms with Gasteiger partial charge in [0.2, 0.25) is 5.13 Å². The largest absolute Gasteiger partial charge is 0.495 e. The molecule has 0 atom stereocenters. The predicted molar refractivity (Wildman–Crippen MR) is 110 cm³/mol. The van der Waals surface area contributed by atoms with E-state index in [1.165, 1.54) is 35.2 Å². The number of sulfone groups is 1. The summed E-state index contributed by atoms with van der Waals surface area (Å²) in [6.07, 6.45) is 0. The Morgan fingerprint density at radius 2 is 1.89 bits per heavy atom. The Labute approximate surface area is 170 Å². The van der Waals surface area contributed by atoms with Crippen molar-refractivity contribution in [1.29, 1.82) is 0 Å². The number of rotatable bonds is 8. The highest BCUT2D eigenvalue weighted by Crippen LogP contribution is 2.31. The molecule has 27 heavy (non-hydrogen) atoms. The van der Waals surface area contributed by atoms with Gasteiger partial charge in [0.15, 0.2) is 14.2 Å². The average molecular weight is 442 g/mol. The van der Waals surface area contributed by atoms with Crippen LogP contribution in [0.5, 0.6) is 5.75 Å². The standard InChI is InChI=1S/C17H16ClN3O3S3/c1-24-15-5-3-2-4-14(15)19-16-20-21-17(26-16)25-10-11-27(22,23)13-8-6-12(18)7-9-13/h2-9H,10-11H2,1H3,(H,19,20). The highest BCUT2D eigenvalue weighted by molar-refractivity contribution is 8.02. The minimum Gasteiger partial charge on any atom is -0.495 e. The molecule has 0 amide bonds. The Morgan fingerprint density at radius 3 is 2.63 bits per heavy atom. The zero-order valence-electron chi connectivity index (χ0n) is 14.3. The summed E-state index contributed by atoms with van der Waals surface area (Å²) in [6.45, 7) is 0. The third-order valence-electron chi connectivity index (χ3n) is 3.51. The average Bonchev–Trinajstić information content (AvgIpc) is 3.09. The molecule has 0 saturated carbocycles. The van der Waals surface area contributed by atoms with Crippen LogP contribution in [0.15, 0.2) is 57.8 Å². The van der Waals surface area contributed by atoms with E-state index in [0.29, 0.717) is 26.0 Å². The molecule has 2 aromatic carbocycles. The van der Waals surface area contributed by atoms with E-state index in [0.717, 1.165) is 5.69 Å². The lowest BCUT2D eigenvalue weighted by Gasteiger charge is -2.07. The molecule has 1 N–H and O–H groups in total. The van der Waals surface area contributed by atoms with E-state index in [9.17, 15) is 8.42 Å².